The van der Waals surface area contributed by atoms with Crippen molar-refractivity contribution in [2.24, 2.45) is 36.4 Å². The van der Waals surface area contributed by atoms with Gasteiger partial charge in [-0.1, -0.05) is 30.3 Å². The predicted molar refractivity (Wildman–Crippen MR) is 203 cm³/mol. The number of ether oxygens (including phenoxy) is 1. The molecular weight excluding hydrogens is 706 g/mol. The molecule has 16 nitrogen and oxygen atoms in total. The minimum atomic E-state index is -1.14. The summed E-state index contributed by atoms with van der Waals surface area (Å²) in [6.07, 6.45) is 0. The van der Waals surface area contributed by atoms with Gasteiger partial charge in [0.05, 0.1) is 40.8 Å². The maximum atomic E-state index is 13.2. The zero-order valence-corrected chi connectivity index (χ0v) is 29.0. The second-order valence-electron chi connectivity index (χ2n) is 12.1. The smallest absolute Gasteiger partial charge is 0.335 e. The van der Waals surface area contributed by atoms with Crippen molar-refractivity contribution >= 4 is 67.5 Å². The van der Waals surface area contributed by atoms with Crippen molar-refractivity contribution in [2.45, 2.75) is 6.92 Å². The van der Waals surface area contributed by atoms with Gasteiger partial charge in [0.25, 0.3) is 11.5 Å². The summed E-state index contributed by atoms with van der Waals surface area (Å²) in [4.78, 5) is 36.5. The number of nitrogens with two attached hydrogens (primary N) is 1. The summed E-state index contributed by atoms with van der Waals surface area (Å²) < 4.78 is 6.56. The van der Waals surface area contributed by atoms with Gasteiger partial charge in [-0.3, -0.25) is 14.7 Å². The van der Waals surface area contributed by atoms with Crippen molar-refractivity contribution in [1.82, 2.24) is 9.78 Å². The first-order valence-electron chi connectivity index (χ1n) is 16.4. The number of nitrogens with zero attached hydrogens (tertiary/aromatic N) is 7. The quantitative estimate of drug-likeness (QED) is 0.0851. The van der Waals surface area contributed by atoms with Crippen molar-refractivity contribution in [3.05, 3.63) is 130 Å². The third-order valence-electron chi connectivity index (χ3n) is 8.59. The normalized spacial score (nSPS) is 11.7. The Morgan fingerprint density at radius 2 is 1.45 bits per heavy atom. The van der Waals surface area contributed by atoms with Crippen LogP contribution in [0.25, 0.3) is 27.2 Å². The van der Waals surface area contributed by atoms with E-state index in [1.165, 1.54) is 31.4 Å². The summed E-state index contributed by atoms with van der Waals surface area (Å²) in [7, 11) is 1.48. The Morgan fingerprint density at radius 1 is 0.745 bits per heavy atom. The van der Waals surface area contributed by atoms with E-state index >= 15 is 0 Å². The molecule has 0 bridgehead atoms. The first-order valence-corrected chi connectivity index (χ1v) is 16.4. The molecule has 0 saturated heterocycles. The molecule has 0 aliphatic rings. The van der Waals surface area contributed by atoms with Crippen molar-refractivity contribution in [2.75, 3.05) is 7.11 Å². The summed E-state index contributed by atoms with van der Waals surface area (Å²) in [6.45, 7) is 1.83. The highest BCUT2D eigenvalue weighted by molar-refractivity contribution is 5.98. The highest BCUT2D eigenvalue weighted by Crippen LogP contribution is 2.41. The molecule has 6 N–H and O–H groups in total. The molecule has 1 amide bonds. The first-order chi connectivity index (χ1) is 26.5. The molecule has 55 heavy (non-hydrogen) atoms. The van der Waals surface area contributed by atoms with Crippen molar-refractivity contribution in [1.29, 1.82) is 0 Å². The third kappa shape index (κ3) is 6.97. The first kappa shape index (κ1) is 35.4. The number of carbonyl (C=O) groups excluding carboxylic acids is 1. The lowest BCUT2D eigenvalue weighted by atomic mass is 10.1. The van der Waals surface area contributed by atoms with E-state index in [0.717, 1.165) is 15.6 Å². The number of aromatic amines is 1. The number of primary amides is 1. The molecule has 0 radical (unpaired) electrons. The van der Waals surface area contributed by atoms with Gasteiger partial charge in [0.1, 0.15) is 22.9 Å². The molecule has 6 aromatic carbocycles. The van der Waals surface area contributed by atoms with Gasteiger partial charge < -0.3 is 25.8 Å². The van der Waals surface area contributed by atoms with E-state index in [1.54, 1.807) is 60.7 Å². The molecule has 272 valence electrons. The largest absolute Gasteiger partial charge is 0.507 e. The van der Waals surface area contributed by atoms with E-state index in [4.69, 9.17) is 15.6 Å². The van der Waals surface area contributed by atoms with Gasteiger partial charge in [-0.05, 0) is 90.0 Å². The Kier molecular flexibility index (Phi) is 9.36. The molecule has 1 aromatic heterocycles. The van der Waals surface area contributed by atoms with Crippen LogP contribution in [-0.4, -0.2) is 44.1 Å². The van der Waals surface area contributed by atoms with Gasteiger partial charge in [-0.25, -0.2) is 9.48 Å². The number of carboxylic acid groups (broad SMARTS) is 1. The number of benzene rings is 6. The van der Waals surface area contributed by atoms with E-state index in [-0.39, 0.29) is 39.8 Å². The number of carboxylic acids is 1. The Bertz CT molecular complexity index is 2820. The van der Waals surface area contributed by atoms with Gasteiger partial charge in [-0.2, -0.15) is 10.2 Å². The topological polar surface area (TPSA) is 242 Å². The minimum Gasteiger partial charge on any atom is -0.507 e. The summed E-state index contributed by atoms with van der Waals surface area (Å²) in [5.41, 5.74) is 6.98. The van der Waals surface area contributed by atoms with Crippen LogP contribution in [-0.2, 0) is 0 Å². The fourth-order valence-electron chi connectivity index (χ4n) is 5.78. The van der Waals surface area contributed by atoms with Crippen LogP contribution in [0.4, 0.5) is 34.1 Å². The van der Waals surface area contributed by atoms with Gasteiger partial charge in [-0.15, -0.1) is 20.5 Å². The number of nitrogens with one attached hydrogen (secondary N) is 1. The summed E-state index contributed by atoms with van der Waals surface area (Å²) >= 11 is 0. The molecular formula is C39H29N9O7. The monoisotopic (exact) mass is 735 g/mol. The van der Waals surface area contributed by atoms with Crippen LogP contribution < -0.4 is 16.0 Å². The van der Waals surface area contributed by atoms with Crippen LogP contribution in [0.2, 0.25) is 0 Å². The highest BCUT2D eigenvalue weighted by atomic mass is 16.5. The maximum absolute atomic E-state index is 13.2. The van der Waals surface area contributed by atoms with E-state index in [9.17, 15) is 24.6 Å². The SMILES string of the molecule is COc1cc(N=Nc2cccc3cccc(O)c23)c(C)cc1N=Nc1ccc2cc(N=Nc3c(C(N)=O)[nH]n(-c4ccc(C(=O)O)cc4)c3=O)ccc2c1O. The van der Waals surface area contributed by atoms with Crippen LogP contribution in [0.3, 0.4) is 0 Å². The lowest BCUT2D eigenvalue weighted by molar-refractivity contribution is 0.0696. The van der Waals surface area contributed by atoms with Crippen LogP contribution in [0.1, 0.15) is 26.4 Å². The summed E-state index contributed by atoms with van der Waals surface area (Å²) in [5.74, 6) is -1.77. The number of aromatic carboxylic acids is 1. The highest BCUT2D eigenvalue weighted by Gasteiger charge is 2.20. The molecule has 0 unspecified atom stereocenters. The molecule has 0 fully saturated rings. The van der Waals surface area contributed by atoms with Crippen LogP contribution in [0, 0.1) is 6.92 Å². The number of rotatable bonds is 10. The number of phenolic OH excluding ortho intramolecular Hbond substituents is 2. The third-order valence-corrected chi connectivity index (χ3v) is 8.59. The number of azo groups is 3. The van der Waals surface area contributed by atoms with E-state index in [1.807, 2.05) is 25.1 Å². The average Bonchev–Trinajstić information content (AvgIpc) is 3.52. The number of aryl methyl sites for hydroxylation is 1. The molecule has 7 rings (SSSR count). The second-order valence-corrected chi connectivity index (χ2v) is 12.1. The number of fused-ring (bicyclic) bond motifs is 2. The fourth-order valence-corrected chi connectivity index (χ4v) is 5.78. The zero-order chi connectivity index (χ0) is 38.8. The number of hydrogen-bond donors (Lipinski definition) is 5. The average molecular weight is 736 g/mol. The number of aromatic hydroxyl groups is 2. The summed E-state index contributed by atoms with van der Waals surface area (Å²) in [5, 5.41) is 61.2. The molecule has 0 aliphatic carbocycles. The number of hydrogen-bond acceptors (Lipinski definition) is 12. The van der Waals surface area contributed by atoms with Crippen LogP contribution in [0.5, 0.6) is 17.2 Å². The molecule has 1 heterocycles. The lowest BCUT2D eigenvalue weighted by Crippen LogP contribution is -2.14. The number of aromatic nitrogens is 2. The number of phenols is 2. The van der Waals surface area contributed by atoms with Gasteiger partial charge in [0, 0.05) is 11.5 Å². The van der Waals surface area contributed by atoms with Crippen LogP contribution in [0.15, 0.2) is 139 Å². The second kappa shape index (κ2) is 14.5. The Labute approximate surface area is 310 Å². The zero-order valence-electron chi connectivity index (χ0n) is 29.0. The van der Waals surface area contributed by atoms with Crippen molar-refractivity contribution < 1.29 is 29.6 Å². The Balaban J connectivity index is 1.13. The molecule has 0 spiro atoms. The molecule has 0 atom stereocenters. The number of amides is 1. The molecule has 16 heteroatoms. The van der Waals surface area contributed by atoms with E-state index < -0.39 is 17.4 Å². The van der Waals surface area contributed by atoms with Gasteiger partial charge in [0.15, 0.2) is 17.1 Å². The Morgan fingerprint density at radius 3 is 2.18 bits per heavy atom. The lowest BCUT2D eigenvalue weighted by Gasteiger charge is -2.08. The number of carbonyl (C=O) groups is 2. The standard InChI is InChI=1S/C39H29N9O7/c1-20-17-30(32(55-2)19-29(20)44-42-27-7-3-5-21-6-4-8-31(49)33(21)27)45-43-28-16-11-23-18-24(12-15-26(23)36(28)50)41-46-35-34(37(40)51)47-48(38(35)52)25-13-9-22(10-14-25)39(53)54/h3-19,47,49-50H,1-2H3,(H2,40,51)(H,53,54). The molecule has 7 aromatic rings. The maximum Gasteiger partial charge on any atom is 0.335 e. The van der Waals surface area contributed by atoms with E-state index in [2.05, 4.69) is 35.8 Å². The van der Waals surface area contributed by atoms with Gasteiger partial charge in [0.2, 0.25) is 0 Å². The Hall–Kier alpha value is -8.01. The van der Waals surface area contributed by atoms with Crippen LogP contribution >= 0.6 is 0 Å². The van der Waals surface area contributed by atoms with Crippen molar-refractivity contribution in [3.63, 3.8) is 0 Å². The number of methoxy groups -OCH3 is 1. The molecule has 0 aliphatic heterocycles. The minimum absolute atomic E-state index is 0.0121. The van der Waals surface area contributed by atoms with Crippen molar-refractivity contribution in [3.8, 4) is 22.9 Å². The van der Waals surface area contributed by atoms with Gasteiger partial charge >= 0.3 is 5.97 Å². The van der Waals surface area contributed by atoms with E-state index in [0.29, 0.717) is 44.7 Å². The number of H-pyrrole nitrogens is 1. The fraction of sp³-hybridized carbons (Fsp3) is 0.0513. The molecule has 0 saturated carbocycles. The summed E-state index contributed by atoms with van der Waals surface area (Å²) in [6, 6.07) is 27.5. The predicted octanol–water partition coefficient (Wildman–Crippen LogP) is 9.24.